The molecule has 0 aromatic heterocycles. The Morgan fingerprint density at radius 3 is 2.76 bits per heavy atom. The Bertz CT molecular complexity index is 1350. The molecule has 4 aliphatic carbocycles. The Hall–Kier alpha value is -2.04. The molecule has 6 rings (SSSR count). The van der Waals surface area contributed by atoms with Crippen LogP contribution in [0.1, 0.15) is 52.5 Å². The number of carbonyl (C=O) groups is 1. The molecule has 1 aliphatic heterocycles. The quantitative estimate of drug-likeness (QED) is 0.253. The zero-order valence-electron chi connectivity index (χ0n) is 25.0. The van der Waals surface area contributed by atoms with Gasteiger partial charge in [-0.25, -0.2) is 4.39 Å². The van der Waals surface area contributed by atoms with Crippen molar-refractivity contribution in [2.24, 2.45) is 33.7 Å². The minimum absolute atomic E-state index is 0.114. The van der Waals surface area contributed by atoms with E-state index in [-0.39, 0.29) is 24.2 Å². The van der Waals surface area contributed by atoms with E-state index in [4.69, 9.17) is 14.3 Å². The van der Waals surface area contributed by atoms with Crippen LogP contribution in [0.5, 0.6) is 0 Å². The molecule has 1 saturated heterocycles. The number of oxime groups is 1. The summed E-state index contributed by atoms with van der Waals surface area (Å²) in [5, 5.41) is 26.1. The number of aliphatic hydroxyl groups is 2. The number of Topliss-reactive ketones (excluding diaryl/α,β-unsaturated/α-hetero) is 1. The van der Waals surface area contributed by atoms with Crippen LogP contribution in [-0.2, 0) is 19.1 Å². The van der Waals surface area contributed by atoms with Gasteiger partial charge in [-0.2, -0.15) is 0 Å². The molecule has 0 radical (unpaired) electrons. The summed E-state index contributed by atoms with van der Waals surface area (Å²) >= 11 is 1.70. The van der Waals surface area contributed by atoms with Crippen molar-refractivity contribution < 1.29 is 33.7 Å². The van der Waals surface area contributed by atoms with Gasteiger partial charge in [0.05, 0.1) is 12.2 Å². The van der Waals surface area contributed by atoms with E-state index >= 15 is 4.39 Å². The number of rotatable bonds is 7. The van der Waals surface area contributed by atoms with Gasteiger partial charge in [-0.3, -0.25) is 4.79 Å². The smallest absolute Gasteiger partial charge is 0.193 e. The molecule has 9 atom stereocenters. The molecule has 228 valence electrons. The maximum atomic E-state index is 16.2. The van der Waals surface area contributed by atoms with Gasteiger partial charge >= 0.3 is 0 Å². The molecule has 2 N–H and O–H groups in total. The second-order valence-corrected chi connectivity index (χ2v) is 14.7. The number of benzene rings is 1. The van der Waals surface area contributed by atoms with Gasteiger partial charge in [0.2, 0.25) is 0 Å². The first-order chi connectivity index (χ1) is 19.8. The predicted octanol–water partition coefficient (Wildman–Crippen LogP) is 5.18. The highest BCUT2D eigenvalue weighted by Gasteiger charge is 2.77. The Balaban J connectivity index is 1.21. The summed E-state index contributed by atoms with van der Waals surface area (Å²) in [4.78, 5) is 20.2. The van der Waals surface area contributed by atoms with E-state index in [0.29, 0.717) is 30.7 Å². The predicted molar refractivity (Wildman–Crippen MR) is 159 cm³/mol. The Kier molecular flexibility index (Phi) is 7.53. The van der Waals surface area contributed by atoms with Crippen molar-refractivity contribution in [3.05, 3.63) is 53.6 Å². The third-order valence-corrected chi connectivity index (χ3v) is 11.6. The van der Waals surface area contributed by atoms with Crippen molar-refractivity contribution in [1.29, 1.82) is 0 Å². The minimum Gasteiger partial charge on any atom is -0.394 e. The number of ether oxygens (including phenoxy) is 2. The molecule has 5 aliphatic rings. The van der Waals surface area contributed by atoms with Gasteiger partial charge in [0.15, 0.2) is 17.2 Å². The highest BCUT2D eigenvalue weighted by atomic mass is 32.2. The third kappa shape index (κ3) is 4.53. The molecule has 0 unspecified atom stereocenters. The monoisotopic (exact) mass is 599 g/mol. The molecule has 0 amide bonds. The number of fused-ring (bicyclic) bond motifs is 7. The first-order valence-corrected chi connectivity index (χ1v) is 16.0. The van der Waals surface area contributed by atoms with Gasteiger partial charge in [-0.05, 0) is 81.7 Å². The van der Waals surface area contributed by atoms with E-state index in [9.17, 15) is 15.0 Å². The topological polar surface area (TPSA) is 97.6 Å². The number of hydrogen-bond donors (Lipinski definition) is 2. The van der Waals surface area contributed by atoms with Crippen LogP contribution in [0, 0.1) is 35.5 Å². The Morgan fingerprint density at radius 2 is 2.02 bits per heavy atom. The highest BCUT2D eigenvalue weighted by molar-refractivity contribution is 7.99. The average Bonchev–Trinajstić information content (AvgIpc) is 3.33. The number of halogens is 1. The number of nitrogens with zero attached hydrogens (tertiary/aromatic N) is 1. The fraction of sp³-hybridized carbons (Fsp3) is 0.636. The lowest BCUT2D eigenvalue weighted by molar-refractivity contribution is -0.226. The van der Waals surface area contributed by atoms with Gasteiger partial charge in [-0.1, -0.05) is 42.8 Å². The van der Waals surface area contributed by atoms with E-state index in [1.807, 2.05) is 32.1 Å². The number of allylic oxidation sites excluding steroid dienone is 4. The van der Waals surface area contributed by atoms with E-state index in [0.717, 1.165) is 5.75 Å². The van der Waals surface area contributed by atoms with Gasteiger partial charge in [0.1, 0.15) is 25.1 Å². The molecule has 1 aromatic rings. The summed E-state index contributed by atoms with van der Waals surface area (Å²) in [5.74, 6) is -1.23. The number of alkyl halides is 1. The van der Waals surface area contributed by atoms with Crippen LogP contribution >= 0.6 is 11.8 Å². The van der Waals surface area contributed by atoms with Crippen molar-refractivity contribution in [2.45, 2.75) is 88.5 Å². The first-order valence-electron chi connectivity index (χ1n) is 15.0. The number of aryl methyl sites for hydroxylation is 1. The maximum Gasteiger partial charge on any atom is 0.193 e. The molecule has 0 bridgehead atoms. The fourth-order valence-corrected chi connectivity index (χ4v) is 9.97. The van der Waals surface area contributed by atoms with Crippen molar-refractivity contribution in [3.8, 4) is 0 Å². The van der Waals surface area contributed by atoms with Crippen LogP contribution in [0.15, 0.2) is 58.1 Å². The number of carbonyl (C=O) groups excluding carboxylic acids is 1. The summed E-state index contributed by atoms with van der Waals surface area (Å²) in [6.07, 6.45) is 4.08. The van der Waals surface area contributed by atoms with E-state index in [1.54, 1.807) is 31.7 Å². The number of hydrogen-bond acceptors (Lipinski definition) is 8. The van der Waals surface area contributed by atoms with Crippen LogP contribution in [0.4, 0.5) is 4.39 Å². The molecule has 3 saturated carbocycles. The van der Waals surface area contributed by atoms with Crippen molar-refractivity contribution in [2.75, 3.05) is 19.0 Å². The first kappa shape index (κ1) is 30.0. The molecule has 7 nitrogen and oxygen atoms in total. The molecule has 42 heavy (non-hydrogen) atoms. The maximum absolute atomic E-state index is 16.2. The van der Waals surface area contributed by atoms with Crippen LogP contribution in [0.3, 0.4) is 0 Å². The molecular formula is C33H42FNO6S. The second-order valence-electron chi connectivity index (χ2n) is 13.6. The van der Waals surface area contributed by atoms with E-state index < -0.39 is 53.0 Å². The minimum atomic E-state index is -1.37. The summed E-state index contributed by atoms with van der Waals surface area (Å²) in [5.41, 5.74) is -0.508. The summed E-state index contributed by atoms with van der Waals surface area (Å²) in [7, 11) is 0. The van der Waals surface area contributed by atoms with Crippen LogP contribution in [-0.4, -0.2) is 70.4 Å². The van der Waals surface area contributed by atoms with Crippen molar-refractivity contribution in [1.82, 2.24) is 0 Å². The van der Waals surface area contributed by atoms with Gasteiger partial charge in [0, 0.05) is 27.4 Å². The van der Waals surface area contributed by atoms with Crippen LogP contribution < -0.4 is 0 Å². The van der Waals surface area contributed by atoms with Gasteiger partial charge in [0.25, 0.3) is 0 Å². The SMILES string of the molecule is Cc1cccc(SCCO/N=C2/C=C[C@@]3(C)C(=C2)[C@@H](F)C[C@@H]2[C@@H]3[C@@H](O)C[C@@]3(C)[C@H]2C[C@H]2OC(C)(C)O[C@]23C(=O)CO)c1. The summed E-state index contributed by atoms with van der Waals surface area (Å²) in [6.45, 7) is 9.33. The Morgan fingerprint density at radius 1 is 1.24 bits per heavy atom. The van der Waals surface area contributed by atoms with Crippen molar-refractivity contribution >= 4 is 23.3 Å². The lowest BCUT2D eigenvalue weighted by Crippen LogP contribution is -2.64. The third-order valence-electron chi connectivity index (χ3n) is 10.6. The summed E-state index contributed by atoms with van der Waals surface area (Å²) < 4.78 is 28.8. The average molecular weight is 600 g/mol. The van der Waals surface area contributed by atoms with Gasteiger partial charge < -0.3 is 24.5 Å². The molecule has 9 heteroatoms. The lowest BCUT2D eigenvalue weighted by atomic mass is 9.46. The summed E-state index contributed by atoms with van der Waals surface area (Å²) in [6, 6.07) is 8.31. The number of aliphatic hydroxyl groups excluding tert-OH is 2. The molecule has 1 aromatic carbocycles. The van der Waals surface area contributed by atoms with Crippen LogP contribution in [0.2, 0.25) is 0 Å². The molecule has 4 fully saturated rings. The zero-order chi connectivity index (χ0) is 30.1. The molecular weight excluding hydrogens is 557 g/mol. The standard InChI is InChI=1S/C33H42FNO6S/c1-19-7-6-8-21(13-19)42-12-11-39-35-20-9-10-31(4)24(14-20)25(34)15-22-23-16-28-33(27(38)18-36,41-30(2,3)40-28)32(23,5)17-26(37)29(22)31/h6-10,13-14,22-23,25-26,28-29,36-37H,11-12,15-18H2,1-5H3/b35-20-/t22-,23-,25-,26-,28+,29+,31-,32-,33+/m0/s1. The van der Waals surface area contributed by atoms with Gasteiger partial charge in [-0.15, -0.1) is 11.8 Å². The normalized spacial score (nSPS) is 42.4. The zero-order valence-corrected chi connectivity index (χ0v) is 25.8. The number of ketones is 1. The lowest BCUT2D eigenvalue weighted by Gasteiger charge is -2.60. The van der Waals surface area contributed by atoms with Crippen LogP contribution in [0.25, 0.3) is 0 Å². The highest BCUT2D eigenvalue weighted by Crippen LogP contribution is 2.70. The van der Waals surface area contributed by atoms with E-state index in [1.165, 1.54) is 10.5 Å². The Labute approximate surface area is 251 Å². The molecule has 0 spiro atoms. The van der Waals surface area contributed by atoms with Crippen molar-refractivity contribution in [3.63, 3.8) is 0 Å². The largest absolute Gasteiger partial charge is 0.394 e. The van der Waals surface area contributed by atoms with E-state index in [2.05, 4.69) is 30.3 Å². The second kappa shape index (κ2) is 10.5. The fourth-order valence-electron chi connectivity index (χ4n) is 9.14. The number of thioether (sulfide) groups is 1. The molecule has 1 heterocycles.